The second kappa shape index (κ2) is 11.5. The summed E-state index contributed by atoms with van der Waals surface area (Å²) in [6.07, 6.45) is 0.854. The number of hydrogen-bond acceptors (Lipinski definition) is 8. The lowest BCUT2D eigenvalue weighted by Crippen LogP contribution is -2.36. The number of esters is 1. The molecule has 4 rings (SSSR count). The minimum absolute atomic E-state index is 0.0611. The molecule has 2 atom stereocenters. The number of ether oxygens (including phenoxy) is 4. The van der Waals surface area contributed by atoms with E-state index in [4.69, 9.17) is 18.9 Å². The maximum absolute atomic E-state index is 13.7. The number of nitrogens with one attached hydrogen (secondary N) is 1. The van der Waals surface area contributed by atoms with Crippen molar-refractivity contribution in [2.45, 2.75) is 38.5 Å². The standard InChI is InChI=1S/C29H33NO7/c1-5-36-11-12-37-29(33)26-17(2)30-22-14-20(18-9-10-24(34-3)25(16-18)35-4)15-23(32)28(22)27(26)19-7-6-8-21(31)13-19/h6-10,13,16,20,27,30-31H,5,11-12,14-15H2,1-4H3. The third-order valence-corrected chi connectivity index (χ3v) is 6.79. The largest absolute Gasteiger partial charge is 0.508 e. The van der Waals surface area contributed by atoms with Gasteiger partial charge in [-0.05, 0) is 61.6 Å². The van der Waals surface area contributed by atoms with Gasteiger partial charge in [0.05, 0.1) is 26.4 Å². The monoisotopic (exact) mass is 507 g/mol. The molecule has 0 radical (unpaired) electrons. The summed E-state index contributed by atoms with van der Waals surface area (Å²) in [5.41, 5.74) is 3.91. The van der Waals surface area contributed by atoms with Crippen molar-refractivity contribution in [2.75, 3.05) is 34.0 Å². The summed E-state index contributed by atoms with van der Waals surface area (Å²) in [6, 6.07) is 12.4. The number of carbonyl (C=O) groups excluding carboxylic acids is 2. The van der Waals surface area contributed by atoms with Crippen molar-refractivity contribution in [3.63, 3.8) is 0 Å². The van der Waals surface area contributed by atoms with Gasteiger partial charge in [0.15, 0.2) is 17.3 Å². The molecule has 0 saturated carbocycles. The molecule has 8 heteroatoms. The molecular formula is C29H33NO7. The van der Waals surface area contributed by atoms with Gasteiger partial charge in [-0.25, -0.2) is 4.79 Å². The van der Waals surface area contributed by atoms with Crippen LogP contribution >= 0.6 is 0 Å². The average Bonchev–Trinajstić information content (AvgIpc) is 2.89. The molecule has 37 heavy (non-hydrogen) atoms. The van der Waals surface area contributed by atoms with Crippen LogP contribution in [0.3, 0.4) is 0 Å². The highest BCUT2D eigenvalue weighted by Crippen LogP contribution is 2.46. The molecule has 0 saturated heterocycles. The van der Waals surface area contributed by atoms with Crippen molar-refractivity contribution in [2.24, 2.45) is 0 Å². The van der Waals surface area contributed by atoms with Crippen LogP contribution in [0, 0.1) is 0 Å². The topological polar surface area (TPSA) is 103 Å². The second-order valence-electron chi connectivity index (χ2n) is 9.06. The number of allylic oxidation sites excluding steroid dienone is 3. The fraction of sp³-hybridized carbons (Fsp3) is 0.379. The predicted octanol–water partition coefficient (Wildman–Crippen LogP) is 4.35. The first-order valence-electron chi connectivity index (χ1n) is 12.4. The van der Waals surface area contributed by atoms with E-state index in [1.165, 1.54) is 0 Å². The van der Waals surface area contributed by atoms with Crippen LogP contribution in [0.2, 0.25) is 0 Å². The number of Topliss-reactive ketones (excluding diaryl/α,β-unsaturated/α-hetero) is 1. The number of dihydropyridines is 1. The lowest BCUT2D eigenvalue weighted by atomic mass is 9.71. The van der Waals surface area contributed by atoms with Crippen LogP contribution in [-0.4, -0.2) is 50.9 Å². The number of phenols is 1. The second-order valence-corrected chi connectivity index (χ2v) is 9.06. The number of hydrogen-bond donors (Lipinski definition) is 2. The van der Waals surface area contributed by atoms with Gasteiger partial charge in [0, 0.05) is 35.9 Å². The summed E-state index contributed by atoms with van der Waals surface area (Å²) in [7, 11) is 3.17. The molecular weight excluding hydrogens is 474 g/mol. The van der Waals surface area contributed by atoms with Crippen LogP contribution in [0.1, 0.15) is 49.7 Å². The lowest BCUT2D eigenvalue weighted by Gasteiger charge is -2.36. The number of benzene rings is 2. The van der Waals surface area contributed by atoms with Crippen molar-refractivity contribution >= 4 is 11.8 Å². The number of aromatic hydroxyl groups is 1. The maximum Gasteiger partial charge on any atom is 0.336 e. The van der Waals surface area contributed by atoms with E-state index in [1.807, 2.05) is 38.1 Å². The van der Waals surface area contributed by atoms with E-state index in [-0.39, 0.29) is 30.5 Å². The molecule has 0 spiro atoms. The van der Waals surface area contributed by atoms with Crippen LogP contribution in [0.15, 0.2) is 65.0 Å². The lowest BCUT2D eigenvalue weighted by molar-refractivity contribution is -0.140. The Hall–Kier alpha value is -3.78. The van der Waals surface area contributed by atoms with Gasteiger partial charge >= 0.3 is 5.97 Å². The number of carbonyl (C=O) groups is 2. The Bertz CT molecular complexity index is 1250. The number of ketones is 1. The molecule has 8 nitrogen and oxygen atoms in total. The molecule has 2 aromatic carbocycles. The number of rotatable bonds is 9. The van der Waals surface area contributed by atoms with Crippen LogP contribution in [0.5, 0.6) is 17.2 Å². The first kappa shape index (κ1) is 26.3. The van der Waals surface area contributed by atoms with Gasteiger partial charge in [0.1, 0.15) is 12.4 Å². The number of methoxy groups -OCH3 is 2. The van der Waals surface area contributed by atoms with E-state index >= 15 is 0 Å². The van der Waals surface area contributed by atoms with E-state index in [9.17, 15) is 14.7 Å². The van der Waals surface area contributed by atoms with Gasteiger partial charge in [0.25, 0.3) is 0 Å². The van der Waals surface area contributed by atoms with Crippen molar-refractivity contribution < 1.29 is 33.6 Å². The molecule has 1 aliphatic heterocycles. The maximum atomic E-state index is 13.7. The summed E-state index contributed by atoms with van der Waals surface area (Å²) in [5.74, 6) is -0.00799. The zero-order chi connectivity index (χ0) is 26.5. The Kier molecular flexibility index (Phi) is 8.18. The van der Waals surface area contributed by atoms with Crippen molar-refractivity contribution in [3.8, 4) is 17.2 Å². The van der Waals surface area contributed by atoms with Crippen LogP contribution in [0.25, 0.3) is 0 Å². The first-order chi connectivity index (χ1) is 17.9. The molecule has 0 aromatic heterocycles. The van der Waals surface area contributed by atoms with Gasteiger partial charge < -0.3 is 29.4 Å². The molecule has 2 N–H and O–H groups in total. The summed E-state index contributed by atoms with van der Waals surface area (Å²) in [5, 5.41) is 13.5. The molecule has 0 amide bonds. The SMILES string of the molecule is CCOCCOC(=O)C1=C(C)NC2=C(C(=O)CC(c3ccc(OC)c(OC)c3)C2)C1c1cccc(O)c1. The summed E-state index contributed by atoms with van der Waals surface area (Å²) in [6.45, 7) is 4.60. The third kappa shape index (κ3) is 5.49. The Balaban J connectivity index is 1.71. The summed E-state index contributed by atoms with van der Waals surface area (Å²) >= 11 is 0. The highest BCUT2D eigenvalue weighted by molar-refractivity contribution is 6.04. The Morgan fingerprint density at radius 3 is 2.51 bits per heavy atom. The Labute approximate surface area is 216 Å². The van der Waals surface area contributed by atoms with E-state index in [0.717, 1.165) is 11.3 Å². The fourth-order valence-corrected chi connectivity index (χ4v) is 5.11. The first-order valence-corrected chi connectivity index (χ1v) is 12.4. The zero-order valence-corrected chi connectivity index (χ0v) is 21.6. The smallest absolute Gasteiger partial charge is 0.336 e. The van der Waals surface area contributed by atoms with E-state index in [2.05, 4.69) is 5.32 Å². The van der Waals surface area contributed by atoms with Gasteiger partial charge in [-0.3, -0.25) is 4.79 Å². The molecule has 2 aromatic rings. The molecule has 2 unspecified atom stereocenters. The highest BCUT2D eigenvalue weighted by atomic mass is 16.6. The fourth-order valence-electron chi connectivity index (χ4n) is 5.11. The summed E-state index contributed by atoms with van der Waals surface area (Å²) < 4.78 is 21.6. The third-order valence-electron chi connectivity index (χ3n) is 6.79. The predicted molar refractivity (Wildman–Crippen MR) is 138 cm³/mol. The number of phenolic OH excluding ortho intramolecular Hbond substituents is 1. The van der Waals surface area contributed by atoms with Gasteiger partial charge in [-0.1, -0.05) is 18.2 Å². The molecule has 0 bridgehead atoms. The van der Waals surface area contributed by atoms with Crippen LogP contribution < -0.4 is 14.8 Å². The van der Waals surface area contributed by atoms with Crippen molar-refractivity contribution in [3.05, 3.63) is 76.1 Å². The minimum atomic E-state index is -0.651. The molecule has 1 aliphatic carbocycles. The van der Waals surface area contributed by atoms with E-state index in [1.54, 1.807) is 32.4 Å². The van der Waals surface area contributed by atoms with Gasteiger partial charge in [0.2, 0.25) is 0 Å². The van der Waals surface area contributed by atoms with Crippen LogP contribution in [-0.2, 0) is 19.1 Å². The van der Waals surface area contributed by atoms with E-state index < -0.39 is 11.9 Å². The van der Waals surface area contributed by atoms with Crippen molar-refractivity contribution in [1.82, 2.24) is 5.32 Å². The van der Waals surface area contributed by atoms with Gasteiger partial charge in [-0.2, -0.15) is 0 Å². The molecule has 0 fully saturated rings. The Morgan fingerprint density at radius 2 is 1.81 bits per heavy atom. The minimum Gasteiger partial charge on any atom is -0.508 e. The molecule has 196 valence electrons. The van der Waals surface area contributed by atoms with Crippen LogP contribution in [0.4, 0.5) is 0 Å². The Morgan fingerprint density at radius 1 is 1.03 bits per heavy atom. The van der Waals surface area contributed by atoms with Crippen molar-refractivity contribution in [1.29, 1.82) is 0 Å². The molecule has 2 aliphatic rings. The quantitative estimate of drug-likeness (QED) is 0.381. The molecule has 1 heterocycles. The highest BCUT2D eigenvalue weighted by Gasteiger charge is 2.41. The van der Waals surface area contributed by atoms with Gasteiger partial charge in [-0.15, -0.1) is 0 Å². The zero-order valence-electron chi connectivity index (χ0n) is 21.6. The summed E-state index contributed by atoms with van der Waals surface area (Å²) in [4.78, 5) is 27.0. The average molecular weight is 508 g/mol. The van der Waals surface area contributed by atoms with E-state index in [0.29, 0.717) is 53.5 Å². The normalized spacial score (nSPS) is 19.3.